The minimum absolute atomic E-state index is 0.401. The molecule has 0 saturated heterocycles. The molecule has 3 rings (SSSR count). The average Bonchev–Trinajstić information content (AvgIpc) is 3.00. The van der Waals surface area contributed by atoms with Crippen LogP contribution >= 0.6 is 11.3 Å². The molecule has 1 atom stereocenters. The van der Waals surface area contributed by atoms with Crippen LogP contribution in [0, 0.1) is 0 Å². The van der Waals surface area contributed by atoms with Gasteiger partial charge < -0.3 is 9.84 Å². The minimum atomic E-state index is -0.401. The number of hydrogen-bond donors (Lipinski definition) is 1. The first kappa shape index (κ1) is 14.0. The molecule has 3 aromatic rings. The van der Waals surface area contributed by atoms with Gasteiger partial charge in [-0.3, -0.25) is 4.98 Å². The predicted molar refractivity (Wildman–Crippen MR) is 86.0 cm³/mol. The smallest absolute Gasteiger partial charge is 0.119 e. The standard InChI is InChI=1S/C17H17NO2S/c1-20-15-6-5-12-3-2-4-13(17(12)9-15)7-14(19)8-16-10-18-11-21-16/h2-6,9-11,14,19H,7-8H2,1H3. The van der Waals surface area contributed by atoms with Crippen LogP contribution in [-0.4, -0.2) is 23.3 Å². The summed E-state index contributed by atoms with van der Waals surface area (Å²) < 4.78 is 5.30. The number of methoxy groups -OCH3 is 1. The molecule has 21 heavy (non-hydrogen) atoms. The van der Waals surface area contributed by atoms with Crippen LogP contribution in [0.15, 0.2) is 48.1 Å². The third-order valence-corrected chi connectivity index (χ3v) is 4.36. The van der Waals surface area contributed by atoms with Gasteiger partial charge in [-0.2, -0.15) is 0 Å². The molecular formula is C17H17NO2S. The van der Waals surface area contributed by atoms with Crippen molar-refractivity contribution in [2.45, 2.75) is 18.9 Å². The monoisotopic (exact) mass is 299 g/mol. The Bertz CT molecular complexity index is 725. The third-order valence-electron chi connectivity index (χ3n) is 3.56. The van der Waals surface area contributed by atoms with Gasteiger partial charge >= 0.3 is 0 Å². The van der Waals surface area contributed by atoms with E-state index in [-0.39, 0.29) is 0 Å². The highest BCUT2D eigenvalue weighted by Gasteiger charge is 2.11. The van der Waals surface area contributed by atoms with E-state index in [1.165, 1.54) is 5.39 Å². The molecule has 0 aliphatic rings. The fourth-order valence-electron chi connectivity index (χ4n) is 2.52. The number of aliphatic hydroxyl groups is 1. The summed E-state index contributed by atoms with van der Waals surface area (Å²) in [5.41, 5.74) is 2.94. The lowest BCUT2D eigenvalue weighted by molar-refractivity contribution is 0.176. The number of rotatable bonds is 5. The van der Waals surface area contributed by atoms with Crippen LogP contribution in [0.25, 0.3) is 10.8 Å². The number of thiazole rings is 1. The summed E-state index contributed by atoms with van der Waals surface area (Å²) in [5, 5.41) is 12.6. The van der Waals surface area contributed by atoms with E-state index >= 15 is 0 Å². The Morgan fingerprint density at radius 1 is 1.24 bits per heavy atom. The molecule has 0 saturated carbocycles. The zero-order valence-corrected chi connectivity index (χ0v) is 12.6. The van der Waals surface area contributed by atoms with E-state index in [0.717, 1.165) is 21.6 Å². The third kappa shape index (κ3) is 3.23. The SMILES string of the molecule is COc1ccc2cccc(CC(O)Cc3cncs3)c2c1. The van der Waals surface area contributed by atoms with Crippen molar-refractivity contribution >= 4 is 22.1 Å². The van der Waals surface area contributed by atoms with Gasteiger partial charge in [-0.05, 0) is 34.9 Å². The van der Waals surface area contributed by atoms with E-state index < -0.39 is 6.10 Å². The van der Waals surface area contributed by atoms with Gasteiger partial charge in [-0.25, -0.2) is 0 Å². The fourth-order valence-corrected chi connectivity index (χ4v) is 3.19. The summed E-state index contributed by atoms with van der Waals surface area (Å²) in [5.74, 6) is 0.840. The summed E-state index contributed by atoms with van der Waals surface area (Å²) in [6, 6.07) is 12.2. The van der Waals surface area contributed by atoms with Crippen molar-refractivity contribution in [2.24, 2.45) is 0 Å². The van der Waals surface area contributed by atoms with E-state index in [4.69, 9.17) is 4.74 Å². The normalized spacial score (nSPS) is 12.5. The molecule has 2 aromatic carbocycles. The number of aliphatic hydroxyl groups excluding tert-OH is 1. The number of aromatic nitrogens is 1. The van der Waals surface area contributed by atoms with Crippen LogP contribution in [0.4, 0.5) is 0 Å². The molecule has 4 heteroatoms. The van der Waals surface area contributed by atoms with E-state index in [2.05, 4.69) is 17.1 Å². The van der Waals surface area contributed by atoms with Gasteiger partial charge in [0.05, 0.1) is 18.7 Å². The Labute approximate surface area is 127 Å². The number of benzene rings is 2. The van der Waals surface area contributed by atoms with Crippen molar-refractivity contribution in [3.8, 4) is 5.75 Å². The Kier molecular flexibility index (Phi) is 4.18. The molecule has 1 aromatic heterocycles. The molecular weight excluding hydrogens is 282 g/mol. The van der Waals surface area contributed by atoms with Crippen LogP contribution in [0.2, 0.25) is 0 Å². The minimum Gasteiger partial charge on any atom is -0.497 e. The summed E-state index contributed by atoms with van der Waals surface area (Å²) in [6.07, 6.45) is 2.69. The van der Waals surface area contributed by atoms with Crippen LogP contribution < -0.4 is 4.74 Å². The highest BCUT2D eigenvalue weighted by Crippen LogP contribution is 2.25. The topological polar surface area (TPSA) is 42.4 Å². The van der Waals surface area contributed by atoms with Gasteiger partial charge in [-0.15, -0.1) is 11.3 Å². The predicted octanol–water partition coefficient (Wildman–Crippen LogP) is 3.45. The van der Waals surface area contributed by atoms with Crippen molar-refractivity contribution in [3.63, 3.8) is 0 Å². The fraction of sp³-hybridized carbons (Fsp3) is 0.235. The lowest BCUT2D eigenvalue weighted by Gasteiger charge is -2.12. The van der Waals surface area contributed by atoms with Crippen molar-refractivity contribution < 1.29 is 9.84 Å². The molecule has 0 aliphatic carbocycles. The molecule has 0 aliphatic heterocycles. The van der Waals surface area contributed by atoms with Crippen LogP contribution in [-0.2, 0) is 12.8 Å². The second-order valence-electron chi connectivity index (χ2n) is 5.03. The molecule has 0 radical (unpaired) electrons. The maximum Gasteiger partial charge on any atom is 0.119 e. The van der Waals surface area contributed by atoms with E-state index in [1.54, 1.807) is 24.0 Å². The molecule has 1 heterocycles. The molecule has 1 N–H and O–H groups in total. The first-order valence-electron chi connectivity index (χ1n) is 6.87. The number of ether oxygens (including phenoxy) is 1. The van der Waals surface area contributed by atoms with E-state index in [1.807, 2.05) is 30.5 Å². The van der Waals surface area contributed by atoms with Gasteiger partial charge in [0.25, 0.3) is 0 Å². The lowest BCUT2D eigenvalue weighted by atomic mass is 9.98. The Morgan fingerprint density at radius 2 is 2.14 bits per heavy atom. The van der Waals surface area contributed by atoms with Gasteiger partial charge in [0.2, 0.25) is 0 Å². The van der Waals surface area contributed by atoms with Crippen LogP contribution in [0.5, 0.6) is 5.75 Å². The van der Waals surface area contributed by atoms with E-state index in [0.29, 0.717) is 12.8 Å². The summed E-state index contributed by atoms with van der Waals surface area (Å²) in [4.78, 5) is 5.16. The van der Waals surface area contributed by atoms with E-state index in [9.17, 15) is 5.11 Å². The number of hydrogen-bond acceptors (Lipinski definition) is 4. The van der Waals surface area contributed by atoms with Crippen LogP contribution in [0.3, 0.4) is 0 Å². The maximum absolute atomic E-state index is 10.3. The Morgan fingerprint density at radius 3 is 2.90 bits per heavy atom. The van der Waals surface area contributed by atoms with Gasteiger partial charge in [0.15, 0.2) is 0 Å². The second kappa shape index (κ2) is 6.24. The summed E-state index contributed by atoms with van der Waals surface area (Å²) >= 11 is 1.58. The molecule has 108 valence electrons. The van der Waals surface area contributed by atoms with Gasteiger partial charge in [-0.1, -0.05) is 24.3 Å². The first-order valence-corrected chi connectivity index (χ1v) is 7.75. The maximum atomic E-state index is 10.3. The number of fused-ring (bicyclic) bond motifs is 1. The molecule has 0 amide bonds. The largest absolute Gasteiger partial charge is 0.497 e. The average molecular weight is 299 g/mol. The van der Waals surface area contributed by atoms with Crippen molar-refractivity contribution in [1.29, 1.82) is 0 Å². The van der Waals surface area contributed by atoms with Crippen molar-refractivity contribution in [3.05, 3.63) is 58.5 Å². The first-order chi connectivity index (χ1) is 10.3. The molecule has 0 bridgehead atoms. The van der Waals surface area contributed by atoms with Crippen molar-refractivity contribution in [2.75, 3.05) is 7.11 Å². The molecule has 3 nitrogen and oxygen atoms in total. The summed E-state index contributed by atoms with van der Waals surface area (Å²) in [6.45, 7) is 0. The quantitative estimate of drug-likeness (QED) is 0.784. The van der Waals surface area contributed by atoms with Gasteiger partial charge in [0.1, 0.15) is 5.75 Å². The zero-order valence-electron chi connectivity index (χ0n) is 11.8. The second-order valence-corrected chi connectivity index (χ2v) is 6.00. The zero-order chi connectivity index (χ0) is 14.7. The van der Waals surface area contributed by atoms with Crippen LogP contribution in [0.1, 0.15) is 10.4 Å². The molecule has 0 spiro atoms. The highest BCUT2D eigenvalue weighted by atomic mass is 32.1. The summed E-state index contributed by atoms with van der Waals surface area (Å²) in [7, 11) is 1.67. The molecule has 1 unspecified atom stereocenters. The Balaban J connectivity index is 1.85. The lowest BCUT2D eigenvalue weighted by Crippen LogP contribution is -2.13. The highest BCUT2D eigenvalue weighted by molar-refractivity contribution is 7.09. The Hall–Kier alpha value is -1.91. The molecule has 0 fully saturated rings. The number of nitrogens with zero attached hydrogens (tertiary/aromatic N) is 1. The van der Waals surface area contributed by atoms with Crippen molar-refractivity contribution in [1.82, 2.24) is 4.98 Å². The van der Waals surface area contributed by atoms with Gasteiger partial charge in [0, 0.05) is 17.5 Å².